The summed E-state index contributed by atoms with van der Waals surface area (Å²) in [6, 6.07) is 7.86. The summed E-state index contributed by atoms with van der Waals surface area (Å²) in [6.45, 7) is 5.08. The maximum atomic E-state index is 14.5. The van der Waals surface area contributed by atoms with Crippen LogP contribution in [0.5, 0.6) is 23.0 Å². The predicted octanol–water partition coefficient (Wildman–Crippen LogP) is 4.49. The van der Waals surface area contributed by atoms with Crippen molar-refractivity contribution in [3.05, 3.63) is 70.7 Å². The summed E-state index contributed by atoms with van der Waals surface area (Å²) in [7, 11) is 5.41. The van der Waals surface area contributed by atoms with Gasteiger partial charge in [0, 0.05) is 19.0 Å². The third-order valence-corrected chi connectivity index (χ3v) is 15.7. The minimum atomic E-state index is -2.39. The number of unbranched alkanes of at least 4 members (excludes halogenated alkanes) is 1. The fourth-order valence-electron chi connectivity index (χ4n) is 12.4. The summed E-state index contributed by atoms with van der Waals surface area (Å²) in [5.74, 6) is -1.80. The predicted molar refractivity (Wildman–Crippen MR) is 243 cm³/mol. The molecular formula is C51H64N2O16. The van der Waals surface area contributed by atoms with E-state index in [4.69, 9.17) is 47.4 Å². The van der Waals surface area contributed by atoms with Gasteiger partial charge in [0.2, 0.25) is 13.6 Å². The van der Waals surface area contributed by atoms with Crippen molar-refractivity contribution in [2.75, 3.05) is 68.2 Å². The van der Waals surface area contributed by atoms with Gasteiger partial charge in [-0.1, -0.05) is 0 Å². The molecule has 8 atom stereocenters. The van der Waals surface area contributed by atoms with Gasteiger partial charge in [-0.2, -0.15) is 0 Å². The summed E-state index contributed by atoms with van der Waals surface area (Å²) in [5.41, 5.74) is -2.08. The zero-order chi connectivity index (χ0) is 48.7. The largest absolute Gasteiger partial charge is 0.505 e. The van der Waals surface area contributed by atoms with Crippen molar-refractivity contribution in [2.24, 2.45) is 0 Å². The summed E-state index contributed by atoms with van der Waals surface area (Å²) in [5, 5.41) is 24.4. The molecule has 1 spiro atoms. The standard InChI is InChI=1S/C51H64N2O16/c1-31(43-34-24-38-36(64-29-66-38)22-32(34)10-19-52-17-8-12-48(43,52)16-21-60-2)68-46(56)50(58,27-41(54)62-4)14-6-7-15-51(59,28-42(55)63-5)47(57)69-45-40(61-3)26-49-13-9-18-53(49)20-11-33-23-37-39(67-30-65-37)25-35(33)44(45)49/h16,21-26,31,43-45,58-59H,6-15,17-20,27-30H2,1-5H3/b21-16+/t31-,43+,44-,45-,48+,49+,50-,51-/m1/s1. The van der Waals surface area contributed by atoms with Crippen molar-refractivity contribution in [3.63, 3.8) is 0 Å². The van der Waals surface area contributed by atoms with Gasteiger partial charge in [-0.25, -0.2) is 9.59 Å². The summed E-state index contributed by atoms with van der Waals surface area (Å²) < 4.78 is 57.0. The third-order valence-electron chi connectivity index (χ3n) is 15.7. The normalized spacial score (nSPS) is 27.5. The van der Waals surface area contributed by atoms with E-state index in [2.05, 4.69) is 9.80 Å². The number of aliphatic hydroxyl groups is 2. The van der Waals surface area contributed by atoms with Crippen molar-refractivity contribution >= 4 is 23.9 Å². The first-order valence-electron chi connectivity index (χ1n) is 24.0. The van der Waals surface area contributed by atoms with E-state index >= 15 is 0 Å². The third kappa shape index (κ3) is 8.75. The van der Waals surface area contributed by atoms with Crippen molar-refractivity contribution in [2.45, 2.75) is 130 Å². The van der Waals surface area contributed by atoms with E-state index in [1.165, 1.54) is 7.11 Å². The molecule has 2 aromatic carbocycles. The van der Waals surface area contributed by atoms with Crippen molar-refractivity contribution in [1.29, 1.82) is 0 Å². The Bertz CT molecular complexity index is 2390. The number of fused-ring (bicyclic) bond motifs is 6. The molecule has 0 saturated carbocycles. The van der Waals surface area contributed by atoms with Crippen molar-refractivity contribution in [3.8, 4) is 23.0 Å². The number of rotatable bonds is 17. The lowest BCUT2D eigenvalue weighted by atomic mass is 9.73. The molecule has 9 rings (SSSR count). The molecule has 0 unspecified atom stereocenters. The SMILES string of the molecule is CO/C=C/[C@]12CCCN1CCc1cc3c(cc1[C@@H]2[C@@H](C)OC(=O)[C@@](O)(CCCC[C@@](O)(CC(=O)OC)C(=O)O[C@@H]1C(OC)=C[C@]24CCCN2CCc2cc5c(cc2[C@H]14)OCO5)CC(=O)OC)OCO3. The Morgan fingerprint density at radius 3 is 1.91 bits per heavy atom. The van der Waals surface area contributed by atoms with E-state index in [-0.39, 0.29) is 39.3 Å². The highest BCUT2D eigenvalue weighted by molar-refractivity contribution is 5.87. The van der Waals surface area contributed by atoms with E-state index in [1.807, 2.05) is 36.4 Å². The van der Waals surface area contributed by atoms with Crippen LogP contribution in [0.15, 0.2) is 48.4 Å². The Kier molecular flexibility index (Phi) is 13.6. The molecular weight excluding hydrogens is 897 g/mol. The summed E-state index contributed by atoms with van der Waals surface area (Å²) >= 11 is 0. The number of carbonyl (C=O) groups excluding carboxylic acids is 4. The molecule has 0 amide bonds. The zero-order valence-corrected chi connectivity index (χ0v) is 40.1. The number of benzene rings is 2. The molecule has 1 aliphatic carbocycles. The lowest BCUT2D eigenvalue weighted by Gasteiger charge is -2.44. The Morgan fingerprint density at radius 1 is 0.754 bits per heavy atom. The van der Waals surface area contributed by atoms with Crippen LogP contribution in [0.4, 0.5) is 0 Å². The fraction of sp³-hybridized carbons (Fsp3) is 0.608. The molecule has 0 radical (unpaired) electrons. The Hall–Kier alpha value is -5.56. The quantitative estimate of drug-likeness (QED) is 0.0969. The Balaban J connectivity index is 0.945. The lowest BCUT2D eigenvalue weighted by molar-refractivity contribution is -0.180. The molecule has 374 valence electrons. The first kappa shape index (κ1) is 48.5. The molecule has 6 heterocycles. The lowest BCUT2D eigenvalue weighted by Crippen LogP contribution is -2.52. The first-order valence-corrected chi connectivity index (χ1v) is 24.0. The minimum absolute atomic E-state index is 0.00305. The molecule has 2 saturated heterocycles. The Labute approximate surface area is 401 Å². The monoisotopic (exact) mass is 960 g/mol. The number of carbonyl (C=O) groups is 4. The highest BCUT2D eigenvalue weighted by Gasteiger charge is 2.59. The molecule has 2 N–H and O–H groups in total. The van der Waals surface area contributed by atoms with Crippen LogP contribution in [0.1, 0.15) is 105 Å². The highest BCUT2D eigenvalue weighted by atomic mass is 16.7. The molecule has 18 heteroatoms. The van der Waals surface area contributed by atoms with Crippen LogP contribution in [0, 0.1) is 0 Å². The molecule has 0 bridgehead atoms. The molecule has 18 nitrogen and oxygen atoms in total. The first-order chi connectivity index (χ1) is 33.2. The number of methoxy groups -OCH3 is 4. The van der Waals surface area contributed by atoms with Crippen LogP contribution in [0.3, 0.4) is 0 Å². The smallest absolute Gasteiger partial charge is 0.339 e. The highest BCUT2D eigenvalue weighted by Crippen LogP contribution is 2.56. The van der Waals surface area contributed by atoms with Gasteiger partial charge in [0.05, 0.1) is 64.5 Å². The van der Waals surface area contributed by atoms with Gasteiger partial charge in [-0.05, 0) is 143 Å². The zero-order valence-electron chi connectivity index (χ0n) is 40.1. The maximum Gasteiger partial charge on any atom is 0.339 e. The van der Waals surface area contributed by atoms with Crippen LogP contribution in [0.25, 0.3) is 0 Å². The van der Waals surface area contributed by atoms with E-state index in [1.54, 1.807) is 20.3 Å². The van der Waals surface area contributed by atoms with Gasteiger partial charge in [0.15, 0.2) is 40.3 Å². The Morgan fingerprint density at radius 2 is 1.30 bits per heavy atom. The number of hydrogen-bond acceptors (Lipinski definition) is 18. The van der Waals surface area contributed by atoms with Crippen LogP contribution in [-0.2, 0) is 60.4 Å². The van der Waals surface area contributed by atoms with Gasteiger partial charge < -0.3 is 57.6 Å². The van der Waals surface area contributed by atoms with Crippen molar-refractivity contribution in [1.82, 2.24) is 9.80 Å². The van der Waals surface area contributed by atoms with Crippen LogP contribution in [-0.4, -0.2) is 147 Å². The van der Waals surface area contributed by atoms with E-state index in [0.29, 0.717) is 35.2 Å². The van der Waals surface area contributed by atoms with Crippen LogP contribution in [0.2, 0.25) is 0 Å². The minimum Gasteiger partial charge on any atom is -0.505 e. The topological polar surface area (TPSA) is 208 Å². The number of ether oxygens (including phenoxy) is 10. The summed E-state index contributed by atoms with van der Waals surface area (Å²) in [6.07, 6.45) is 6.54. The number of nitrogens with zero attached hydrogens (tertiary/aromatic N) is 2. The molecule has 6 aliphatic heterocycles. The van der Waals surface area contributed by atoms with E-state index < -0.39 is 83.0 Å². The average molecular weight is 961 g/mol. The second kappa shape index (κ2) is 19.3. The second-order valence-electron chi connectivity index (χ2n) is 19.4. The number of hydrogen-bond donors (Lipinski definition) is 2. The van der Waals surface area contributed by atoms with E-state index in [0.717, 1.165) is 94.8 Å². The fourth-order valence-corrected chi connectivity index (χ4v) is 12.4. The van der Waals surface area contributed by atoms with Gasteiger partial charge in [-0.15, -0.1) is 0 Å². The van der Waals surface area contributed by atoms with Crippen LogP contribution < -0.4 is 18.9 Å². The van der Waals surface area contributed by atoms with E-state index in [9.17, 15) is 29.4 Å². The van der Waals surface area contributed by atoms with Crippen molar-refractivity contribution < 1.29 is 76.8 Å². The van der Waals surface area contributed by atoms with Gasteiger partial charge in [-0.3, -0.25) is 19.4 Å². The van der Waals surface area contributed by atoms with Gasteiger partial charge in [0.1, 0.15) is 11.9 Å². The second-order valence-corrected chi connectivity index (χ2v) is 19.4. The maximum absolute atomic E-state index is 14.5. The average Bonchev–Trinajstić information content (AvgIpc) is 4.18. The van der Waals surface area contributed by atoms with Gasteiger partial charge in [0.25, 0.3) is 0 Å². The summed E-state index contributed by atoms with van der Waals surface area (Å²) in [4.78, 5) is 59.6. The number of esters is 4. The van der Waals surface area contributed by atoms with Gasteiger partial charge >= 0.3 is 23.9 Å². The molecule has 2 fully saturated rings. The molecule has 69 heavy (non-hydrogen) atoms. The molecule has 7 aliphatic rings. The molecule has 2 aromatic rings. The molecule has 0 aromatic heterocycles. The van der Waals surface area contributed by atoms with Crippen LogP contribution >= 0.6 is 0 Å².